The van der Waals surface area contributed by atoms with Gasteiger partial charge in [-0.15, -0.1) is 0 Å². The van der Waals surface area contributed by atoms with E-state index in [4.69, 9.17) is 18.2 Å². The molecule has 3 N–H and O–H groups in total. The average molecular weight is 393 g/mol. The Morgan fingerprint density at radius 2 is 1.96 bits per heavy atom. The molecule has 1 spiro atoms. The number of hydrogen-bond acceptors (Lipinski definition) is 4. The Morgan fingerprint density at radius 1 is 1.39 bits per heavy atom. The molecule has 1 aromatic rings. The molecular weight excluding hydrogens is 352 g/mol. The number of aryl methyl sites for hydroxylation is 2. The van der Waals surface area contributed by atoms with Crippen molar-refractivity contribution < 1.29 is 11.7 Å². The number of nitrogens with zero attached hydrogens (tertiary/aromatic N) is 3. The number of aliphatic hydroxyl groups excluding tert-OH is 1. The lowest BCUT2D eigenvalue weighted by Crippen LogP contribution is -2.54. The first-order valence-corrected chi connectivity index (χ1v) is 10.0. The van der Waals surface area contributed by atoms with Gasteiger partial charge in [0.2, 0.25) is 0 Å². The van der Waals surface area contributed by atoms with Gasteiger partial charge in [0.15, 0.2) is 5.70 Å². The van der Waals surface area contributed by atoms with E-state index >= 15 is 0 Å². The molecule has 0 aromatic carbocycles. The Labute approximate surface area is 171 Å². The van der Waals surface area contributed by atoms with Gasteiger partial charge in [0.05, 0.1) is 18.4 Å². The van der Waals surface area contributed by atoms with Gasteiger partial charge in [-0.2, -0.15) is 5.10 Å². The second kappa shape index (κ2) is 9.69. The van der Waals surface area contributed by atoms with Gasteiger partial charge >= 0.3 is 0 Å². The van der Waals surface area contributed by atoms with Crippen LogP contribution in [0.15, 0.2) is 18.0 Å². The number of rotatable bonds is 0. The first kappa shape index (κ1) is 22.6. The molecule has 3 aliphatic carbocycles. The number of hydroxylamine groups is 1. The van der Waals surface area contributed by atoms with Crippen molar-refractivity contribution in [2.45, 2.75) is 78.2 Å². The highest BCUT2D eigenvalue weighted by Gasteiger charge is 2.59. The number of allylic oxidation sites excluding steroid dienone is 1. The average Bonchev–Trinajstić information content (AvgIpc) is 3.37. The van der Waals surface area contributed by atoms with Crippen LogP contribution in [0.5, 0.6) is 0 Å². The van der Waals surface area contributed by atoms with Crippen LogP contribution in [0.1, 0.15) is 72.9 Å². The van der Waals surface area contributed by atoms with E-state index in [1.165, 1.54) is 32.9 Å². The highest BCUT2D eigenvalue weighted by molar-refractivity contribution is 5.43. The van der Waals surface area contributed by atoms with E-state index in [9.17, 15) is 5.11 Å². The number of aliphatic hydroxyl groups is 1. The van der Waals surface area contributed by atoms with Crippen LogP contribution >= 0.6 is 0 Å². The first-order valence-electron chi connectivity index (χ1n) is 11.0. The standard InChI is InChI=1S/C18H23N3O.C2H6.CH5NO.CH4/c1-17-10-13(19-2)16(22)18(8-4-5-9-18)14(17)7-6-12-11-21(3)20-15(12)17;1-2;1-2-3;/h10-11,14,16,22H,4-9H2,1,3H3;1-2H3;2-3H,1H3;1H4/t14-,16?,17+;;;/m1.../s1/i;;;1T. The largest absolute Gasteiger partial charge is 0.399 e. The predicted molar refractivity (Wildman–Crippen MR) is 113 cm³/mol. The SMILES string of the molecule is CC.CNO.[3H]C.[C-]#[N+]C1=C[C@]2(C)c3nn(C)cc3CC[C@H]2C2(CCCC2)C1O. The van der Waals surface area contributed by atoms with E-state index < -0.39 is 6.10 Å². The second-order valence-electron chi connectivity index (χ2n) is 7.80. The highest BCUT2D eigenvalue weighted by Crippen LogP contribution is 2.61. The lowest BCUT2D eigenvalue weighted by molar-refractivity contribution is -0.0338. The molecule has 3 aliphatic rings. The molecule has 6 nitrogen and oxygen atoms in total. The van der Waals surface area contributed by atoms with Gasteiger partial charge in [0.25, 0.3) is 0 Å². The summed E-state index contributed by atoms with van der Waals surface area (Å²) in [6.07, 6.45) is 10.1. The number of hydrogen-bond donors (Lipinski definition) is 3. The topological polar surface area (TPSA) is 74.7 Å². The van der Waals surface area contributed by atoms with E-state index in [2.05, 4.69) is 18.0 Å². The summed E-state index contributed by atoms with van der Waals surface area (Å²) in [6.45, 7) is 13.8. The monoisotopic (exact) mass is 392 g/mol. The Hall–Kier alpha value is -1.68. The summed E-state index contributed by atoms with van der Waals surface area (Å²) in [7, 11) is 4.65. The van der Waals surface area contributed by atoms with Crippen LogP contribution in [0.2, 0.25) is 0 Å². The third-order valence-electron chi connectivity index (χ3n) is 6.47. The molecule has 4 rings (SSSR count). The minimum Gasteiger partial charge on any atom is -0.399 e. The maximum absolute atomic E-state index is 10.9. The van der Waals surface area contributed by atoms with Crippen LogP contribution in [0.3, 0.4) is 0 Å². The Kier molecular flexibility index (Phi) is 7.82. The zero-order valence-electron chi connectivity index (χ0n) is 19.3. The summed E-state index contributed by atoms with van der Waals surface area (Å²) in [4.78, 5) is 3.69. The normalized spacial score (nSPS) is 29.1. The molecule has 1 aromatic heterocycles. The number of nitrogens with one attached hydrogen (secondary N) is 1. The van der Waals surface area contributed by atoms with Gasteiger partial charge in [-0.05, 0) is 42.6 Å². The minimum atomic E-state index is -0.587. The molecule has 0 radical (unpaired) electrons. The van der Waals surface area contributed by atoms with E-state index in [-0.39, 0.29) is 10.8 Å². The van der Waals surface area contributed by atoms with Gasteiger partial charge in [0, 0.05) is 27.1 Å². The summed E-state index contributed by atoms with van der Waals surface area (Å²) >= 11 is 0. The van der Waals surface area contributed by atoms with Crippen molar-refractivity contribution >= 4 is 0 Å². The number of fused-ring (bicyclic) bond motifs is 4. The summed E-state index contributed by atoms with van der Waals surface area (Å²) < 4.78 is 7.65. The van der Waals surface area contributed by atoms with Crippen molar-refractivity contribution in [3.05, 3.63) is 40.6 Å². The van der Waals surface area contributed by atoms with E-state index in [1.54, 1.807) is 5.48 Å². The Balaban J connectivity index is 0.000000540. The van der Waals surface area contributed by atoms with Gasteiger partial charge < -0.3 is 10.3 Å². The predicted octanol–water partition coefficient (Wildman–Crippen LogP) is 4.24. The zero-order chi connectivity index (χ0) is 22.2. The fourth-order valence-corrected chi connectivity index (χ4v) is 5.61. The van der Waals surface area contributed by atoms with Crippen LogP contribution in [0, 0.1) is 17.9 Å². The van der Waals surface area contributed by atoms with Crippen LogP contribution in [0.4, 0.5) is 0 Å². The maximum atomic E-state index is 10.9. The van der Waals surface area contributed by atoms with Gasteiger partial charge in [0.1, 0.15) is 0 Å². The van der Waals surface area contributed by atoms with Gasteiger partial charge in [-0.25, -0.2) is 10.3 Å². The van der Waals surface area contributed by atoms with Crippen molar-refractivity contribution in [3.63, 3.8) is 0 Å². The third-order valence-corrected chi connectivity index (χ3v) is 6.47. The fraction of sp³-hybridized carbons (Fsp3) is 0.727. The molecule has 1 heterocycles. The highest BCUT2D eigenvalue weighted by atomic mass is 16.5. The van der Waals surface area contributed by atoms with E-state index in [0.29, 0.717) is 11.6 Å². The summed E-state index contributed by atoms with van der Waals surface area (Å²) in [5.41, 5.74) is 4.41. The zero-order valence-corrected chi connectivity index (χ0v) is 18.3. The lowest BCUT2D eigenvalue weighted by Gasteiger charge is -2.54. The fourth-order valence-electron chi connectivity index (χ4n) is 5.61. The summed E-state index contributed by atoms with van der Waals surface area (Å²) in [5, 5.41) is 23.0. The molecular formula is C22H38N4O2. The quantitative estimate of drug-likeness (QED) is 0.456. The van der Waals surface area contributed by atoms with Gasteiger partial charge in [-0.3, -0.25) is 4.68 Å². The smallest absolute Gasteiger partial charge is 0.191 e. The molecule has 1 unspecified atom stereocenters. The molecule has 1 fully saturated rings. The number of aromatic nitrogens is 2. The Morgan fingerprint density at radius 3 is 2.50 bits per heavy atom. The molecule has 28 heavy (non-hydrogen) atoms. The molecule has 3 atom stereocenters. The maximum Gasteiger partial charge on any atom is 0.191 e. The van der Waals surface area contributed by atoms with Crippen molar-refractivity contribution in [1.82, 2.24) is 15.3 Å². The van der Waals surface area contributed by atoms with Crippen LogP contribution in [-0.4, -0.2) is 33.2 Å². The van der Waals surface area contributed by atoms with Gasteiger partial charge in [-0.1, -0.05) is 47.1 Å². The lowest BCUT2D eigenvalue weighted by atomic mass is 9.51. The van der Waals surface area contributed by atoms with Crippen LogP contribution in [0.25, 0.3) is 4.85 Å². The Bertz CT molecular complexity index is 719. The molecule has 6 heteroatoms. The molecule has 0 saturated heterocycles. The third kappa shape index (κ3) is 3.76. The second-order valence-corrected chi connectivity index (χ2v) is 7.80. The molecule has 1 saturated carbocycles. The van der Waals surface area contributed by atoms with Crippen molar-refractivity contribution in [3.8, 4) is 0 Å². The summed E-state index contributed by atoms with van der Waals surface area (Å²) in [6, 6.07) is 0. The molecule has 158 valence electrons. The van der Waals surface area contributed by atoms with Crippen molar-refractivity contribution in [2.24, 2.45) is 18.4 Å². The van der Waals surface area contributed by atoms with E-state index in [1.807, 2.05) is 31.7 Å². The van der Waals surface area contributed by atoms with Crippen molar-refractivity contribution in [1.29, 1.82) is 0 Å². The molecule has 0 aliphatic heterocycles. The van der Waals surface area contributed by atoms with Crippen LogP contribution in [-0.2, 0) is 18.9 Å². The first-order chi connectivity index (χ1) is 13.9. The van der Waals surface area contributed by atoms with E-state index in [0.717, 1.165) is 31.4 Å². The van der Waals surface area contributed by atoms with Crippen LogP contribution < -0.4 is 5.48 Å². The molecule has 0 amide bonds. The molecule has 0 bridgehead atoms. The summed E-state index contributed by atoms with van der Waals surface area (Å²) in [5.74, 6) is 0.394. The van der Waals surface area contributed by atoms with Crippen molar-refractivity contribution in [2.75, 3.05) is 7.05 Å². The minimum absolute atomic E-state index is 0.113.